The number of nitrogens with zero attached hydrogens (tertiary/aromatic N) is 2. The minimum atomic E-state index is -0.225. The van der Waals surface area contributed by atoms with Crippen LogP contribution in [-0.2, 0) is 0 Å². The fourth-order valence-corrected chi connectivity index (χ4v) is 2.26. The Kier molecular flexibility index (Phi) is 3.14. The van der Waals surface area contributed by atoms with Crippen molar-refractivity contribution in [3.8, 4) is 0 Å². The molecule has 0 saturated heterocycles. The van der Waals surface area contributed by atoms with Crippen LogP contribution in [0, 0.1) is 6.92 Å². The fraction of sp³-hybridized carbons (Fsp3) is 0.200. The molecule has 2 N–H and O–H groups in total. The smallest absolute Gasteiger partial charge is 0.116 e. The molecule has 0 fully saturated rings. The standard InChI is InChI=1S/C10H10BrN3S/c1-6-5-15-10(14-6)9(12)8-3-2-7(11)4-13-8/h2-5,9H,12H2,1H3. The molecule has 2 heterocycles. The first-order chi connectivity index (χ1) is 7.16. The van der Waals surface area contributed by atoms with E-state index in [0.717, 1.165) is 20.9 Å². The lowest BCUT2D eigenvalue weighted by Gasteiger charge is -2.07. The van der Waals surface area contributed by atoms with Crippen molar-refractivity contribution in [2.24, 2.45) is 5.73 Å². The predicted molar refractivity (Wildman–Crippen MR) is 64.8 cm³/mol. The molecule has 0 bridgehead atoms. The number of pyridine rings is 1. The molecule has 5 heteroatoms. The van der Waals surface area contributed by atoms with Gasteiger partial charge >= 0.3 is 0 Å². The SMILES string of the molecule is Cc1csc(C(N)c2ccc(Br)cn2)n1. The Balaban J connectivity index is 2.28. The average Bonchev–Trinajstić information content (AvgIpc) is 2.65. The molecule has 2 aromatic rings. The third kappa shape index (κ3) is 2.42. The van der Waals surface area contributed by atoms with E-state index in [-0.39, 0.29) is 6.04 Å². The van der Waals surface area contributed by atoms with Crippen LogP contribution < -0.4 is 5.73 Å². The highest BCUT2D eigenvalue weighted by molar-refractivity contribution is 9.10. The van der Waals surface area contributed by atoms with Crippen LogP contribution in [0.2, 0.25) is 0 Å². The summed E-state index contributed by atoms with van der Waals surface area (Å²) in [5.74, 6) is 0. The van der Waals surface area contributed by atoms with Crippen LogP contribution in [0.25, 0.3) is 0 Å². The lowest BCUT2D eigenvalue weighted by Crippen LogP contribution is -2.13. The highest BCUT2D eigenvalue weighted by Gasteiger charge is 2.13. The predicted octanol–water partition coefficient (Wildman–Crippen LogP) is 2.66. The van der Waals surface area contributed by atoms with Crippen LogP contribution in [-0.4, -0.2) is 9.97 Å². The van der Waals surface area contributed by atoms with Gasteiger partial charge in [0.15, 0.2) is 0 Å². The number of thiazole rings is 1. The largest absolute Gasteiger partial charge is 0.317 e. The summed E-state index contributed by atoms with van der Waals surface area (Å²) in [4.78, 5) is 8.61. The van der Waals surface area contributed by atoms with Gasteiger partial charge in [0.1, 0.15) is 5.01 Å². The van der Waals surface area contributed by atoms with Gasteiger partial charge in [-0.1, -0.05) is 0 Å². The van der Waals surface area contributed by atoms with Gasteiger partial charge in [-0.05, 0) is 35.0 Å². The summed E-state index contributed by atoms with van der Waals surface area (Å²) in [6, 6.07) is 3.62. The zero-order valence-electron chi connectivity index (χ0n) is 8.14. The van der Waals surface area contributed by atoms with E-state index >= 15 is 0 Å². The van der Waals surface area contributed by atoms with Crippen molar-refractivity contribution < 1.29 is 0 Å². The molecule has 1 unspecified atom stereocenters. The van der Waals surface area contributed by atoms with Gasteiger partial charge in [0.05, 0.1) is 11.7 Å². The van der Waals surface area contributed by atoms with E-state index in [9.17, 15) is 0 Å². The summed E-state index contributed by atoms with van der Waals surface area (Å²) in [5.41, 5.74) is 7.89. The second-order valence-electron chi connectivity index (χ2n) is 3.21. The molecule has 0 aliphatic heterocycles. The Bertz CT molecular complexity index is 452. The summed E-state index contributed by atoms with van der Waals surface area (Å²) in [6.45, 7) is 1.96. The van der Waals surface area contributed by atoms with E-state index < -0.39 is 0 Å². The van der Waals surface area contributed by atoms with E-state index in [4.69, 9.17) is 5.73 Å². The first-order valence-electron chi connectivity index (χ1n) is 4.46. The van der Waals surface area contributed by atoms with E-state index in [2.05, 4.69) is 25.9 Å². The van der Waals surface area contributed by atoms with Gasteiger partial charge < -0.3 is 5.73 Å². The van der Waals surface area contributed by atoms with Crippen LogP contribution in [0.15, 0.2) is 28.2 Å². The van der Waals surface area contributed by atoms with Crippen LogP contribution in [0.3, 0.4) is 0 Å². The van der Waals surface area contributed by atoms with Crippen LogP contribution in [0.5, 0.6) is 0 Å². The van der Waals surface area contributed by atoms with Gasteiger partial charge in [0.2, 0.25) is 0 Å². The van der Waals surface area contributed by atoms with Crippen molar-refractivity contribution >= 4 is 27.3 Å². The highest BCUT2D eigenvalue weighted by atomic mass is 79.9. The number of halogens is 1. The highest BCUT2D eigenvalue weighted by Crippen LogP contribution is 2.22. The second-order valence-corrected chi connectivity index (χ2v) is 5.01. The van der Waals surface area contributed by atoms with E-state index in [1.165, 1.54) is 0 Å². The second kappa shape index (κ2) is 4.38. The molecule has 0 spiro atoms. The van der Waals surface area contributed by atoms with Gasteiger partial charge in [0.25, 0.3) is 0 Å². The van der Waals surface area contributed by atoms with Crippen LogP contribution in [0.4, 0.5) is 0 Å². The molecule has 0 aromatic carbocycles. The lowest BCUT2D eigenvalue weighted by atomic mass is 10.2. The molecule has 2 rings (SSSR count). The number of aromatic nitrogens is 2. The first-order valence-corrected chi connectivity index (χ1v) is 6.13. The molecule has 3 nitrogen and oxygen atoms in total. The molecule has 78 valence electrons. The number of aryl methyl sites for hydroxylation is 1. The van der Waals surface area contributed by atoms with Gasteiger partial charge in [-0.2, -0.15) is 0 Å². The molecular formula is C10H10BrN3S. The fourth-order valence-electron chi connectivity index (χ4n) is 1.21. The quantitative estimate of drug-likeness (QED) is 0.922. The Morgan fingerprint density at radius 3 is 2.80 bits per heavy atom. The molecule has 15 heavy (non-hydrogen) atoms. The van der Waals surface area contributed by atoms with E-state index in [0.29, 0.717) is 0 Å². The zero-order chi connectivity index (χ0) is 10.8. The van der Waals surface area contributed by atoms with Crippen molar-refractivity contribution in [1.82, 2.24) is 9.97 Å². The molecule has 0 radical (unpaired) electrons. The zero-order valence-corrected chi connectivity index (χ0v) is 10.5. The Hall–Kier alpha value is -0.780. The third-order valence-corrected chi connectivity index (χ3v) is 3.49. The molecule has 1 atom stereocenters. The van der Waals surface area contributed by atoms with Crippen molar-refractivity contribution in [2.75, 3.05) is 0 Å². The molecule has 0 aliphatic carbocycles. The minimum absolute atomic E-state index is 0.225. The maximum Gasteiger partial charge on any atom is 0.116 e. The van der Waals surface area contributed by atoms with Crippen LogP contribution in [0.1, 0.15) is 22.4 Å². The van der Waals surface area contributed by atoms with Crippen LogP contribution >= 0.6 is 27.3 Å². The summed E-state index contributed by atoms with van der Waals surface area (Å²) >= 11 is 4.91. The summed E-state index contributed by atoms with van der Waals surface area (Å²) in [7, 11) is 0. The number of nitrogens with two attached hydrogens (primary N) is 1. The Morgan fingerprint density at radius 1 is 1.47 bits per heavy atom. The summed E-state index contributed by atoms with van der Waals surface area (Å²) < 4.78 is 0.953. The average molecular weight is 284 g/mol. The summed E-state index contributed by atoms with van der Waals surface area (Å²) in [5, 5.41) is 2.90. The van der Waals surface area contributed by atoms with Crippen molar-refractivity contribution in [1.29, 1.82) is 0 Å². The van der Waals surface area contributed by atoms with Gasteiger partial charge in [-0.3, -0.25) is 4.98 Å². The normalized spacial score (nSPS) is 12.7. The Morgan fingerprint density at radius 2 is 2.27 bits per heavy atom. The monoisotopic (exact) mass is 283 g/mol. The molecule has 0 saturated carbocycles. The number of rotatable bonds is 2. The molecule has 2 aromatic heterocycles. The van der Waals surface area contributed by atoms with Gasteiger partial charge in [-0.15, -0.1) is 11.3 Å². The minimum Gasteiger partial charge on any atom is -0.317 e. The van der Waals surface area contributed by atoms with E-state index in [1.807, 2.05) is 24.4 Å². The molecular weight excluding hydrogens is 274 g/mol. The van der Waals surface area contributed by atoms with Gasteiger partial charge in [-0.25, -0.2) is 4.98 Å². The maximum atomic E-state index is 6.05. The molecule has 0 aliphatic rings. The summed E-state index contributed by atoms with van der Waals surface area (Å²) in [6.07, 6.45) is 1.75. The number of hydrogen-bond acceptors (Lipinski definition) is 4. The number of hydrogen-bond donors (Lipinski definition) is 1. The molecule has 0 amide bonds. The van der Waals surface area contributed by atoms with Crippen molar-refractivity contribution in [2.45, 2.75) is 13.0 Å². The topological polar surface area (TPSA) is 51.8 Å². The first kappa shape index (κ1) is 10.7. The van der Waals surface area contributed by atoms with Crippen molar-refractivity contribution in [3.63, 3.8) is 0 Å². The third-order valence-electron chi connectivity index (χ3n) is 1.97. The van der Waals surface area contributed by atoms with E-state index in [1.54, 1.807) is 17.5 Å². The Labute approximate surface area is 101 Å². The lowest BCUT2D eigenvalue weighted by molar-refractivity contribution is 0.813. The maximum absolute atomic E-state index is 6.05. The van der Waals surface area contributed by atoms with Crippen molar-refractivity contribution in [3.05, 3.63) is 44.6 Å². The van der Waals surface area contributed by atoms with Gasteiger partial charge in [0, 0.05) is 21.7 Å².